The van der Waals surface area contributed by atoms with Crippen LogP contribution in [-0.4, -0.2) is 22.7 Å². The lowest BCUT2D eigenvalue weighted by Gasteiger charge is -2.23. The molecule has 0 aliphatic carbocycles. The molecule has 20 heavy (non-hydrogen) atoms. The summed E-state index contributed by atoms with van der Waals surface area (Å²) in [5, 5.41) is 23.6. The number of rotatable bonds is 4. The van der Waals surface area contributed by atoms with Gasteiger partial charge in [0.15, 0.2) is 0 Å². The quantitative estimate of drug-likeness (QED) is 0.811. The summed E-state index contributed by atoms with van der Waals surface area (Å²) in [5.41, 5.74) is 0.0763. The Bertz CT molecular complexity index is 585. The number of phenolic OH excluding ortho intramolecular Hbond substituents is 2. The largest absolute Gasteiger partial charge is 0.508 e. The fraction of sp³-hybridized carbons (Fsp3) is 0.267. The van der Waals surface area contributed by atoms with E-state index in [2.05, 4.69) is 19.2 Å². The first-order valence-electron chi connectivity index (χ1n) is 6.24. The predicted octanol–water partition coefficient (Wildman–Crippen LogP) is 2.87. The molecule has 0 saturated carbocycles. The lowest BCUT2D eigenvalue weighted by Crippen LogP contribution is -2.36. The Labute approximate surface area is 121 Å². The molecule has 0 spiro atoms. The van der Waals surface area contributed by atoms with Crippen LogP contribution in [0.3, 0.4) is 0 Å². The minimum absolute atomic E-state index is 0.132. The summed E-state index contributed by atoms with van der Waals surface area (Å²) in [6.45, 7) is 4.58. The highest BCUT2D eigenvalue weighted by Gasteiger charge is 2.22. The van der Waals surface area contributed by atoms with Gasteiger partial charge < -0.3 is 15.5 Å². The summed E-state index contributed by atoms with van der Waals surface area (Å²) in [6.07, 6.45) is 0. The monoisotopic (exact) mass is 291 g/mol. The molecule has 0 bridgehead atoms. The first kappa shape index (κ1) is 14.4. The number of hydrogen-bond donors (Lipinski definition) is 3. The highest BCUT2D eigenvalue weighted by Crippen LogP contribution is 2.27. The highest BCUT2D eigenvalue weighted by atomic mass is 32.1. The van der Waals surface area contributed by atoms with Gasteiger partial charge in [-0.25, -0.2) is 0 Å². The maximum Gasteiger partial charge on any atom is 0.251 e. The highest BCUT2D eigenvalue weighted by molar-refractivity contribution is 7.10. The van der Waals surface area contributed by atoms with Gasteiger partial charge in [-0.1, -0.05) is 19.9 Å². The SMILES string of the molecule is CC(C)(CNC(=O)c1cc(O)cc(O)c1)c1cccs1. The van der Waals surface area contributed by atoms with E-state index in [1.165, 1.54) is 23.1 Å². The van der Waals surface area contributed by atoms with E-state index in [-0.39, 0.29) is 28.4 Å². The maximum absolute atomic E-state index is 12.0. The Kier molecular flexibility index (Phi) is 3.99. The van der Waals surface area contributed by atoms with E-state index in [9.17, 15) is 15.0 Å². The van der Waals surface area contributed by atoms with Crippen LogP contribution in [0.15, 0.2) is 35.7 Å². The molecule has 0 aliphatic rings. The van der Waals surface area contributed by atoms with Gasteiger partial charge in [0, 0.05) is 28.5 Å². The van der Waals surface area contributed by atoms with Crippen molar-refractivity contribution in [2.45, 2.75) is 19.3 Å². The number of nitrogens with one attached hydrogen (secondary N) is 1. The third kappa shape index (κ3) is 3.30. The molecular formula is C15H17NO3S. The van der Waals surface area contributed by atoms with Crippen molar-refractivity contribution in [1.82, 2.24) is 5.32 Å². The van der Waals surface area contributed by atoms with E-state index in [1.54, 1.807) is 11.3 Å². The lowest BCUT2D eigenvalue weighted by atomic mass is 9.91. The summed E-state index contributed by atoms with van der Waals surface area (Å²) in [7, 11) is 0. The second-order valence-corrected chi connectivity index (χ2v) is 6.23. The van der Waals surface area contributed by atoms with Gasteiger partial charge in [-0.3, -0.25) is 4.79 Å². The Morgan fingerprint density at radius 2 is 1.90 bits per heavy atom. The Morgan fingerprint density at radius 1 is 1.25 bits per heavy atom. The fourth-order valence-corrected chi connectivity index (χ4v) is 2.73. The average molecular weight is 291 g/mol. The number of carbonyl (C=O) groups excluding carboxylic acids is 1. The Hall–Kier alpha value is -2.01. The van der Waals surface area contributed by atoms with E-state index in [0.29, 0.717) is 6.54 Å². The molecular weight excluding hydrogens is 274 g/mol. The molecule has 1 amide bonds. The fourth-order valence-electron chi connectivity index (χ4n) is 1.88. The number of carbonyl (C=O) groups is 1. The van der Waals surface area contributed by atoms with E-state index in [4.69, 9.17) is 0 Å². The molecule has 2 aromatic rings. The standard InChI is InChI=1S/C15H17NO3S/c1-15(2,13-4-3-5-20-13)9-16-14(19)10-6-11(17)8-12(18)7-10/h3-8,17-18H,9H2,1-2H3,(H,16,19). The summed E-state index contributed by atoms with van der Waals surface area (Å²) in [5.74, 6) is -0.582. The van der Waals surface area contributed by atoms with E-state index in [0.717, 1.165) is 0 Å². The molecule has 2 rings (SSSR count). The second kappa shape index (κ2) is 5.54. The van der Waals surface area contributed by atoms with Gasteiger partial charge in [-0.15, -0.1) is 11.3 Å². The van der Waals surface area contributed by atoms with Gasteiger partial charge in [0.2, 0.25) is 0 Å². The van der Waals surface area contributed by atoms with E-state index < -0.39 is 0 Å². The summed E-state index contributed by atoms with van der Waals surface area (Å²) >= 11 is 1.65. The number of aromatic hydroxyl groups is 2. The van der Waals surface area contributed by atoms with Crippen molar-refractivity contribution < 1.29 is 15.0 Å². The predicted molar refractivity (Wildman–Crippen MR) is 79.4 cm³/mol. The summed E-state index contributed by atoms with van der Waals surface area (Å²) in [6, 6.07) is 7.86. The molecule has 5 heteroatoms. The molecule has 1 aromatic heterocycles. The van der Waals surface area contributed by atoms with Gasteiger partial charge in [-0.2, -0.15) is 0 Å². The zero-order valence-corrected chi connectivity index (χ0v) is 12.2. The van der Waals surface area contributed by atoms with E-state index in [1.807, 2.05) is 17.5 Å². The average Bonchev–Trinajstić information content (AvgIpc) is 2.89. The minimum atomic E-state index is -0.319. The third-order valence-corrected chi connectivity index (χ3v) is 4.28. The first-order chi connectivity index (χ1) is 9.38. The molecule has 1 aromatic carbocycles. The van der Waals surface area contributed by atoms with Crippen molar-refractivity contribution in [3.63, 3.8) is 0 Å². The molecule has 0 fully saturated rings. The number of hydrogen-bond acceptors (Lipinski definition) is 4. The minimum Gasteiger partial charge on any atom is -0.508 e. The zero-order valence-electron chi connectivity index (χ0n) is 11.4. The maximum atomic E-state index is 12.0. The van der Waals surface area contributed by atoms with Gasteiger partial charge in [0.25, 0.3) is 5.91 Å². The van der Waals surface area contributed by atoms with Crippen LogP contribution >= 0.6 is 11.3 Å². The van der Waals surface area contributed by atoms with Crippen molar-refractivity contribution in [3.05, 3.63) is 46.2 Å². The third-order valence-electron chi connectivity index (χ3n) is 3.04. The molecule has 4 nitrogen and oxygen atoms in total. The van der Waals surface area contributed by atoms with Crippen LogP contribution in [-0.2, 0) is 5.41 Å². The summed E-state index contributed by atoms with van der Waals surface area (Å²) in [4.78, 5) is 13.2. The molecule has 0 saturated heterocycles. The van der Waals surface area contributed by atoms with Crippen molar-refractivity contribution in [3.8, 4) is 11.5 Å². The number of thiophene rings is 1. The van der Waals surface area contributed by atoms with Crippen LogP contribution in [0.25, 0.3) is 0 Å². The van der Waals surface area contributed by atoms with Crippen molar-refractivity contribution in [2.75, 3.05) is 6.54 Å². The molecule has 1 heterocycles. The van der Waals surface area contributed by atoms with Gasteiger partial charge in [-0.05, 0) is 23.6 Å². The molecule has 106 valence electrons. The second-order valence-electron chi connectivity index (χ2n) is 5.28. The van der Waals surface area contributed by atoms with Gasteiger partial charge in [0.1, 0.15) is 11.5 Å². The van der Waals surface area contributed by atoms with Crippen LogP contribution in [0.1, 0.15) is 29.1 Å². The van der Waals surface area contributed by atoms with E-state index >= 15 is 0 Å². The molecule has 3 N–H and O–H groups in total. The van der Waals surface area contributed by atoms with Crippen LogP contribution in [0.4, 0.5) is 0 Å². The number of phenols is 2. The zero-order chi connectivity index (χ0) is 14.8. The Morgan fingerprint density at radius 3 is 2.45 bits per heavy atom. The van der Waals surface area contributed by atoms with Crippen LogP contribution in [0, 0.1) is 0 Å². The van der Waals surface area contributed by atoms with Crippen molar-refractivity contribution in [1.29, 1.82) is 0 Å². The normalized spacial score (nSPS) is 11.3. The number of amides is 1. The summed E-state index contributed by atoms with van der Waals surface area (Å²) < 4.78 is 0. The lowest BCUT2D eigenvalue weighted by molar-refractivity contribution is 0.0945. The van der Waals surface area contributed by atoms with Crippen molar-refractivity contribution in [2.24, 2.45) is 0 Å². The first-order valence-corrected chi connectivity index (χ1v) is 7.12. The van der Waals surface area contributed by atoms with Crippen LogP contribution in [0.2, 0.25) is 0 Å². The smallest absolute Gasteiger partial charge is 0.251 e. The molecule has 0 unspecified atom stereocenters. The molecule has 0 atom stereocenters. The topological polar surface area (TPSA) is 69.6 Å². The van der Waals surface area contributed by atoms with Gasteiger partial charge in [0.05, 0.1) is 0 Å². The van der Waals surface area contributed by atoms with Gasteiger partial charge >= 0.3 is 0 Å². The molecule has 0 aliphatic heterocycles. The number of benzene rings is 1. The van der Waals surface area contributed by atoms with Crippen LogP contribution < -0.4 is 5.32 Å². The van der Waals surface area contributed by atoms with Crippen molar-refractivity contribution >= 4 is 17.2 Å². The molecule has 0 radical (unpaired) electrons. The van der Waals surface area contributed by atoms with Crippen LogP contribution in [0.5, 0.6) is 11.5 Å². The Balaban J connectivity index is 2.05.